The van der Waals surface area contributed by atoms with Gasteiger partial charge in [-0.05, 0) is 36.8 Å². The first-order valence-electron chi connectivity index (χ1n) is 7.02. The van der Waals surface area contributed by atoms with Crippen LogP contribution in [0.4, 0.5) is 0 Å². The second-order valence-corrected chi connectivity index (χ2v) is 5.16. The van der Waals surface area contributed by atoms with E-state index in [0.29, 0.717) is 12.5 Å². The van der Waals surface area contributed by atoms with Gasteiger partial charge in [-0.3, -0.25) is 9.59 Å². The summed E-state index contributed by atoms with van der Waals surface area (Å²) in [6.45, 7) is 8.82. The van der Waals surface area contributed by atoms with Crippen LogP contribution in [0.2, 0.25) is 0 Å². The van der Waals surface area contributed by atoms with Gasteiger partial charge in [0.1, 0.15) is 5.56 Å². The Hall–Kier alpha value is -1.58. The summed E-state index contributed by atoms with van der Waals surface area (Å²) in [6.07, 6.45) is 2.50. The summed E-state index contributed by atoms with van der Waals surface area (Å²) in [6, 6.07) is 1.72. The Morgan fingerprint density at radius 2 is 2.00 bits per heavy atom. The van der Waals surface area contributed by atoms with Gasteiger partial charge in [-0.25, -0.2) is 0 Å². The van der Waals surface area contributed by atoms with E-state index in [1.165, 1.54) is 0 Å². The maximum Gasteiger partial charge on any atom is 0.261 e. The average molecular weight is 264 g/mol. The highest BCUT2D eigenvalue weighted by molar-refractivity contribution is 5.94. The molecule has 0 saturated heterocycles. The molecule has 0 aliphatic rings. The van der Waals surface area contributed by atoms with E-state index in [2.05, 4.69) is 24.1 Å². The maximum absolute atomic E-state index is 12.0. The smallest absolute Gasteiger partial charge is 0.261 e. The number of pyridine rings is 1. The molecule has 1 aromatic rings. The Bertz CT molecular complexity index is 489. The van der Waals surface area contributed by atoms with Crippen LogP contribution in [-0.2, 0) is 12.8 Å². The molecule has 0 bridgehead atoms. The van der Waals surface area contributed by atoms with Crippen molar-refractivity contribution in [2.24, 2.45) is 5.92 Å². The Kier molecular flexibility index (Phi) is 5.80. The first-order valence-corrected chi connectivity index (χ1v) is 7.02. The van der Waals surface area contributed by atoms with Gasteiger partial charge in [0.05, 0.1) is 0 Å². The van der Waals surface area contributed by atoms with Crippen LogP contribution in [0.15, 0.2) is 10.9 Å². The summed E-state index contributed by atoms with van der Waals surface area (Å²) in [5.41, 5.74) is 1.89. The van der Waals surface area contributed by atoms with Gasteiger partial charge in [0.25, 0.3) is 11.5 Å². The first-order chi connectivity index (χ1) is 8.99. The third kappa shape index (κ3) is 4.23. The van der Waals surface area contributed by atoms with Gasteiger partial charge in [-0.15, -0.1) is 0 Å². The van der Waals surface area contributed by atoms with Gasteiger partial charge >= 0.3 is 0 Å². The largest absolute Gasteiger partial charge is 0.352 e. The molecule has 0 aromatic carbocycles. The quantitative estimate of drug-likeness (QED) is 0.828. The lowest BCUT2D eigenvalue weighted by Gasteiger charge is -2.10. The van der Waals surface area contributed by atoms with Crippen LogP contribution < -0.4 is 10.9 Å². The molecule has 0 aliphatic heterocycles. The number of rotatable bonds is 6. The van der Waals surface area contributed by atoms with Crippen molar-refractivity contribution >= 4 is 5.91 Å². The zero-order valence-electron chi connectivity index (χ0n) is 12.3. The van der Waals surface area contributed by atoms with Crippen molar-refractivity contribution in [1.29, 1.82) is 0 Å². The monoisotopic (exact) mass is 264 g/mol. The minimum absolute atomic E-state index is 0.220. The minimum atomic E-state index is -0.295. The van der Waals surface area contributed by atoms with Crippen LogP contribution >= 0.6 is 0 Å². The molecule has 0 spiro atoms. The van der Waals surface area contributed by atoms with Crippen molar-refractivity contribution < 1.29 is 4.79 Å². The number of carbonyl (C=O) groups excluding carboxylic acids is 1. The molecular formula is C15H24N2O2. The van der Waals surface area contributed by atoms with Gasteiger partial charge in [-0.2, -0.15) is 0 Å². The Morgan fingerprint density at radius 1 is 1.32 bits per heavy atom. The van der Waals surface area contributed by atoms with E-state index in [4.69, 9.17) is 0 Å². The van der Waals surface area contributed by atoms with Crippen LogP contribution in [0.25, 0.3) is 0 Å². The number of aromatic nitrogens is 1. The molecule has 0 radical (unpaired) electrons. The summed E-state index contributed by atoms with van der Waals surface area (Å²) >= 11 is 0. The SMILES string of the molecule is CCc1cc(C(=O)NCCC(C)C)c(=O)[nH]c1CC. The fraction of sp³-hybridized carbons (Fsp3) is 0.600. The molecule has 4 nitrogen and oxygen atoms in total. The van der Waals surface area contributed by atoms with Crippen molar-refractivity contribution in [2.75, 3.05) is 6.54 Å². The normalized spacial score (nSPS) is 10.8. The Morgan fingerprint density at radius 3 is 2.53 bits per heavy atom. The van der Waals surface area contributed by atoms with E-state index in [9.17, 15) is 9.59 Å². The van der Waals surface area contributed by atoms with E-state index in [-0.39, 0.29) is 17.0 Å². The highest BCUT2D eigenvalue weighted by Gasteiger charge is 2.13. The fourth-order valence-electron chi connectivity index (χ4n) is 1.98. The highest BCUT2D eigenvalue weighted by atomic mass is 16.2. The van der Waals surface area contributed by atoms with E-state index in [1.54, 1.807) is 6.07 Å². The molecule has 19 heavy (non-hydrogen) atoms. The predicted octanol–water partition coefficient (Wildman–Crippen LogP) is 2.28. The average Bonchev–Trinajstić information content (AvgIpc) is 2.37. The zero-order chi connectivity index (χ0) is 14.4. The lowest BCUT2D eigenvalue weighted by Crippen LogP contribution is -2.31. The molecule has 1 amide bonds. The number of aryl methyl sites for hydroxylation is 2. The van der Waals surface area contributed by atoms with Gasteiger partial charge in [-0.1, -0.05) is 27.7 Å². The first kappa shape index (κ1) is 15.5. The topological polar surface area (TPSA) is 62.0 Å². The van der Waals surface area contributed by atoms with Gasteiger partial charge in [0.2, 0.25) is 0 Å². The second kappa shape index (κ2) is 7.12. The van der Waals surface area contributed by atoms with E-state index >= 15 is 0 Å². The van der Waals surface area contributed by atoms with Crippen molar-refractivity contribution in [1.82, 2.24) is 10.3 Å². The van der Waals surface area contributed by atoms with Crippen molar-refractivity contribution in [3.8, 4) is 0 Å². The van der Waals surface area contributed by atoms with E-state index in [1.807, 2.05) is 13.8 Å². The van der Waals surface area contributed by atoms with E-state index in [0.717, 1.165) is 30.5 Å². The summed E-state index contributed by atoms with van der Waals surface area (Å²) in [5, 5.41) is 2.80. The molecule has 0 unspecified atom stereocenters. The van der Waals surface area contributed by atoms with Crippen LogP contribution in [0, 0.1) is 5.92 Å². The number of aromatic amines is 1. The lowest BCUT2D eigenvalue weighted by molar-refractivity contribution is 0.0950. The van der Waals surface area contributed by atoms with Crippen molar-refractivity contribution in [3.63, 3.8) is 0 Å². The van der Waals surface area contributed by atoms with E-state index < -0.39 is 0 Å². The molecular weight excluding hydrogens is 240 g/mol. The summed E-state index contributed by atoms with van der Waals surface area (Å²) in [5.74, 6) is 0.256. The number of hydrogen-bond acceptors (Lipinski definition) is 2. The minimum Gasteiger partial charge on any atom is -0.352 e. The molecule has 0 atom stereocenters. The maximum atomic E-state index is 12.0. The molecule has 4 heteroatoms. The summed E-state index contributed by atoms with van der Waals surface area (Å²) in [7, 11) is 0. The highest BCUT2D eigenvalue weighted by Crippen LogP contribution is 2.08. The standard InChI is InChI=1S/C15H24N2O2/c1-5-11-9-12(15(19)17-13(11)6-2)14(18)16-8-7-10(3)4/h9-10H,5-8H2,1-4H3,(H,16,18)(H,17,19). The molecule has 0 fully saturated rings. The molecule has 1 heterocycles. The zero-order valence-corrected chi connectivity index (χ0v) is 12.3. The van der Waals surface area contributed by atoms with Crippen LogP contribution in [0.3, 0.4) is 0 Å². The summed E-state index contributed by atoms with van der Waals surface area (Å²) < 4.78 is 0. The van der Waals surface area contributed by atoms with Crippen LogP contribution in [0.1, 0.15) is 55.7 Å². The van der Waals surface area contributed by atoms with Gasteiger partial charge in [0.15, 0.2) is 0 Å². The third-order valence-corrected chi connectivity index (χ3v) is 3.20. The molecule has 1 rings (SSSR count). The lowest BCUT2D eigenvalue weighted by atomic mass is 10.1. The van der Waals surface area contributed by atoms with Crippen molar-refractivity contribution in [3.05, 3.63) is 33.2 Å². The van der Waals surface area contributed by atoms with Crippen molar-refractivity contribution in [2.45, 2.75) is 47.0 Å². The predicted molar refractivity (Wildman–Crippen MR) is 77.6 cm³/mol. The second-order valence-electron chi connectivity index (χ2n) is 5.16. The van der Waals surface area contributed by atoms with Crippen LogP contribution in [-0.4, -0.2) is 17.4 Å². The Balaban J connectivity index is 2.88. The number of carbonyl (C=O) groups is 1. The number of amides is 1. The number of nitrogens with one attached hydrogen (secondary N) is 2. The third-order valence-electron chi connectivity index (χ3n) is 3.20. The Labute approximate surface area is 114 Å². The fourth-order valence-corrected chi connectivity index (χ4v) is 1.98. The molecule has 2 N–H and O–H groups in total. The molecule has 106 valence electrons. The summed E-state index contributed by atoms with van der Waals surface area (Å²) in [4.78, 5) is 26.7. The molecule has 1 aromatic heterocycles. The van der Waals surface area contributed by atoms with Gasteiger partial charge < -0.3 is 10.3 Å². The van der Waals surface area contributed by atoms with Crippen LogP contribution in [0.5, 0.6) is 0 Å². The number of hydrogen-bond donors (Lipinski definition) is 2. The van der Waals surface area contributed by atoms with Gasteiger partial charge in [0, 0.05) is 12.2 Å². The molecule has 0 aliphatic carbocycles. The number of H-pyrrole nitrogens is 1. The molecule has 0 saturated carbocycles.